The molecule has 0 aliphatic carbocycles. The molecule has 22 heavy (non-hydrogen) atoms. The lowest BCUT2D eigenvalue weighted by molar-refractivity contribution is -0.134. The molecule has 0 radical (unpaired) electrons. The van der Waals surface area contributed by atoms with Crippen LogP contribution in [0, 0.1) is 0 Å². The van der Waals surface area contributed by atoms with Gasteiger partial charge in [-0.25, -0.2) is 9.97 Å². The van der Waals surface area contributed by atoms with E-state index in [-0.39, 0.29) is 18.6 Å². The van der Waals surface area contributed by atoms with Crippen molar-refractivity contribution in [3.8, 4) is 0 Å². The predicted molar refractivity (Wildman–Crippen MR) is 87.1 cm³/mol. The molecule has 1 amide bonds. The van der Waals surface area contributed by atoms with E-state index in [2.05, 4.69) is 15.3 Å². The molecule has 118 valence electrons. The minimum atomic E-state index is -0.275. The Morgan fingerprint density at radius 3 is 3.14 bits per heavy atom. The molecule has 2 aromatic heterocycles. The average Bonchev–Trinajstić information content (AvgIpc) is 3.00. The van der Waals surface area contributed by atoms with Gasteiger partial charge in [0, 0.05) is 19.5 Å². The van der Waals surface area contributed by atoms with E-state index in [0.717, 1.165) is 47.7 Å². The number of carbonyl (C=O) groups excluding carboxylic acids is 1. The summed E-state index contributed by atoms with van der Waals surface area (Å²) >= 11 is 1.58. The van der Waals surface area contributed by atoms with Crippen LogP contribution in [-0.2, 0) is 11.2 Å². The maximum atomic E-state index is 12.5. The average molecular weight is 320 g/mol. The van der Waals surface area contributed by atoms with Gasteiger partial charge in [0.2, 0.25) is 5.91 Å². The largest absolute Gasteiger partial charge is 0.395 e. The molecule has 1 aliphatic rings. The molecule has 0 bridgehead atoms. The number of carbonyl (C=O) groups is 1. The monoisotopic (exact) mass is 320 g/mol. The number of piperidine rings is 1. The van der Waals surface area contributed by atoms with Crippen molar-refractivity contribution in [1.29, 1.82) is 0 Å². The van der Waals surface area contributed by atoms with Gasteiger partial charge in [0.1, 0.15) is 22.5 Å². The third-order valence-electron chi connectivity index (χ3n) is 3.90. The first-order chi connectivity index (χ1) is 10.7. The van der Waals surface area contributed by atoms with Gasteiger partial charge in [-0.1, -0.05) is 6.92 Å². The SMILES string of the molecule is CCc1nc(N[C@@H]2CCCN(CCO)C2=O)c2ccsc2n1. The second kappa shape index (κ2) is 6.58. The minimum Gasteiger partial charge on any atom is -0.395 e. The maximum Gasteiger partial charge on any atom is 0.245 e. The fourth-order valence-corrected chi connectivity index (χ4v) is 3.53. The molecule has 1 fully saturated rings. The van der Waals surface area contributed by atoms with Gasteiger partial charge < -0.3 is 15.3 Å². The molecule has 0 unspecified atom stereocenters. The van der Waals surface area contributed by atoms with Crippen LogP contribution in [0.5, 0.6) is 0 Å². The van der Waals surface area contributed by atoms with Gasteiger partial charge in [-0.15, -0.1) is 11.3 Å². The van der Waals surface area contributed by atoms with Crippen molar-refractivity contribution in [2.75, 3.05) is 25.0 Å². The summed E-state index contributed by atoms with van der Waals surface area (Å²) in [7, 11) is 0. The summed E-state index contributed by atoms with van der Waals surface area (Å²) in [6, 6.07) is 1.71. The smallest absolute Gasteiger partial charge is 0.245 e. The van der Waals surface area contributed by atoms with E-state index in [1.165, 1.54) is 0 Å². The molecule has 1 saturated heterocycles. The highest BCUT2D eigenvalue weighted by Crippen LogP contribution is 2.27. The number of aryl methyl sites for hydroxylation is 1. The third-order valence-corrected chi connectivity index (χ3v) is 4.71. The standard InChI is InChI=1S/C15H20N4O2S/c1-2-12-17-13(10-5-9-22-14(10)18-12)16-11-4-3-6-19(7-8-20)15(11)21/h5,9,11,20H,2-4,6-8H2,1H3,(H,16,17,18)/t11-/m1/s1. The molecule has 6 nitrogen and oxygen atoms in total. The maximum absolute atomic E-state index is 12.5. The Kier molecular flexibility index (Phi) is 4.54. The lowest BCUT2D eigenvalue weighted by Crippen LogP contribution is -2.48. The molecular formula is C15H20N4O2S. The first kappa shape index (κ1) is 15.2. The molecule has 2 aromatic rings. The number of thiophene rings is 1. The molecule has 3 heterocycles. The Morgan fingerprint density at radius 1 is 1.50 bits per heavy atom. The Bertz CT molecular complexity index is 671. The zero-order chi connectivity index (χ0) is 15.5. The second-order valence-electron chi connectivity index (χ2n) is 5.37. The number of β-amino-alcohol motifs (C(OH)–C–C–N with tert-alkyl or cyclic N) is 1. The highest BCUT2D eigenvalue weighted by atomic mass is 32.1. The Labute approximate surface area is 133 Å². The van der Waals surface area contributed by atoms with Crippen molar-refractivity contribution in [1.82, 2.24) is 14.9 Å². The van der Waals surface area contributed by atoms with Crippen LogP contribution in [0.15, 0.2) is 11.4 Å². The zero-order valence-corrected chi connectivity index (χ0v) is 13.4. The topological polar surface area (TPSA) is 78.4 Å². The summed E-state index contributed by atoms with van der Waals surface area (Å²) in [4.78, 5) is 24.2. The van der Waals surface area contributed by atoms with Crippen molar-refractivity contribution in [3.63, 3.8) is 0 Å². The van der Waals surface area contributed by atoms with E-state index in [9.17, 15) is 4.79 Å². The first-order valence-corrected chi connectivity index (χ1v) is 8.51. The van der Waals surface area contributed by atoms with Crippen molar-refractivity contribution in [2.45, 2.75) is 32.2 Å². The molecule has 0 saturated carbocycles. The van der Waals surface area contributed by atoms with Crippen LogP contribution >= 0.6 is 11.3 Å². The Balaban J connectivity index is 1.85. The van der Waals surface area contributed by atoms with Crippen LogP contribution in [0.2, 0.25) is 0 Å². The van der Waals surface area contributed by atoms with Gasteiger partial charge in [-0.2, -0.15) is 0 Å². The van der Waals surface area contributed by atoms with Crippen molar-refractivity contribution < 1.29 is 9.90 Å². The number of hydrogen-bond donors (Lipinski definition) is 2. The summed E-state index contributed by atoms with van der Waals surface area (Å²) in [5.74, 6) is 1.57. The normalized spacial score (nSPS) is 18.9. The number of fused-ring (bicyclic) bond motifs is 1. The molecule has 7 heteroatoms. The van der Waals surface area contributed by atoms with Crippen LogP contribution in [0.25, 0.3) is 10.2 Å². The Hall–Kier alpha value is -1.73. The number of aliphatic hydroxyl groups is 1. The number of hydrogen-bond acceptors (Lipinski definition) is 6. The summed E-state index contributed by atoms with van der Waals surface area (Å²) < 4.78 is 0. The van der Waals surface area contributed by atoms with E-state index < -0.39 is 0 Å². The van der Waals surface area contributed by atoms with Gasteiger partial charge in [-0.3, -0.25) is 4.79 Å². The molecule has 3 rings (SSSR count). The van der Waals surface area contributed by atoms with E-state index >= 15 is 0 Å². The number of nitrogens with zero attached hydrogens (tertiary/aromatic N) is 3. The summed E-state index contributed by atoms with van der Waals surface area (Å²) in [5.41, 5.74) is 0. The molecule has 2 N–H and O–H groups in total. The first-order valence-electron chi connectivity index (χ1n) is 7.63. The summed E-state index contributed by atoms with van der Waals surface area (Å²) in [5, 5.41) is 15.3. The fraction of sp³-hybridized carbons (Fsp3) is 0.533. The van der Waals surface area contributed by atoms with Gasteiger partial charge in [0.05, 0.1) is 12.0 Å². The van der Waals surface area contributed by atoms with Crippen molar-refractivity contribution in [2.24, 2.45) is 0 Å². The molecule has 0 aromatic carbocycles. The van der Waals surface area contributed by atoms with Gasteiger partial charge >= 0.3 is 0 Å². The third kappa shape index (κ3) is 2.91. The zero-order valence-electron chi connectivity index (χ0n) is 12.6. The molecule has 1 atom stereocenters. The second-order valence-corrected chi connectivity index (χ2v) is 6.26. The molecule has 1 aliphatic heterocycles. The summed E-state index contributed by atoms with van der Waals surface area (Å²) in [6.07, 6.45) is 2.48. The number of rotatable bonds is 5. The number of likely N-dealkylation sites (tertiary alicyclic amines) is 1. The fourth-order valence-electron chi connectivity index (χ4n) is 2.75. The van der Waals surface area contributed by atoms with Crippen LogP contribution in [0.1, 0.15) is 25.6 Å². The lowest BCUT2D eigenvalue weighted by Gasteiger charge is -2.32. The lowest BCUT2D eigenvalue weighted by atomic mass is 10.0. The van der Waals surface area contributed by atoms with Crippen LogP contribution in [-0.4, -0.2) is 51.6 Å². The van der Waals surface area contributed by atoms with E-state index in [4.69, 9.17) is 5.11 Å². The highest BCUT2D eigenvalue weighted by molar-refractivity contribution is 7.16. The van der Waals surface area contributed by atoms with Crippen LogP contribution in [0.3, 0.4) is 0 Å². The molecule has 0 spiro atoms. The Morgan fingerprint density at radius 2 is 2.36 bits per heavy atom. The number of aliphatic hydroxyl groups excluding tert-OH is 1. The number of anilines is 1. The summed E-state index contributed by atoms with van der Waals surface area (Å²) in [6.45, 7) is 3.14. The van der Waals surface area contributed by atoms with E-state index in [1.54, 1.807) is 16.2 Å². The van der Waals surface area contributed by atoms with E-state index in [0.29, 0.717) is 6.54 Å². The number of nitrogens with one attached hydrogen (secondary N) is 1. The van der Waals surface area contributed by atoms with Crippen molar-refractivity contribution >= 4 is 33.3 Å². The molecular weight excluding hydrogens is 300 g/mol. The quantitative estimate of drug-likeness (QED) is 0.876. The van der Waals surface area contributed by atoms with Crippen molar-refractivity contribution in [3.05, 3.63) is 17.3 Å². The van der Waals surface area contributed by atoms with Crippen LogP contribution in [0.4, 0.5) is 5.82 Å². The highest BCUT2D eigenvalue weighted by Gasteiger charge is 2.29. The van der Waals surface area contributed by atoms with Gasteiger partial charge in [0.15, 0.2) is 0 Å². The van der Waals surface area contributed by atoms with Gasteiger partial charge in [-0.05, 0) is 24.3 Å². The van der Waals surface area contributed by atoms with Gasteiger partial charge in [0.25, 0.3) is 0 Å². The minimum absolute atomic E-state index is 0.000720. The number of amides is 1. The number of aromatic nitrogens is 2. The predicted octanol–water partition coefficient (Wildman–Crippen LogP) is 1.65. The van der Waals surface area contributed by atoms with Crippen LogP contribution < -0.4 is 5.32 Å². The van der Waals surface area contributed by atoms with E-state index in [1.807, 2.05) is 18.4 Å².